The van der Waals surface area contributed by atoms with Gasteiger partial charge >= 0.3 is 6.09 Å². The van der Waals surface area contributed by atoms with Gasteiger partial charge in [-0.05, 0) is 37.1 Å². The van der Waals surface area contributed by atoms with Crippen LogP contribution in [0.2, 0.25) is 0 Å². The number of carbonyl (C=O) groups is 2. The fraction of sp³-hybridized carbons (Fsp3) is 0.250. The molecule has 0 radical (unpaired) electrons. The van der Waals surface area contributed by atoms with Crippen molar-refractivity contribution in [3.05, 3.63) is 63.7 Å². The molecule has 0 spiro atoms. The third-order valence-electron chi connectivity index (χ3n) is 3.99. The summed E-state index contributed by atoms with van der Waals surface area (Å²) in [5, 5.41) is 17.3. The number of hydrogen-bond donors (Lipinski definition) is 2. The van der Waals surface area contributed by atoms with Crippen LogP contribution in [0.25, 0.3) is 0 Å². The molecule has 0 aliphatic carbocycles. The predicted octanol–water partition coefficient (Wildman–Crippen LogP) is 3.54. The van der Waals surface area contributed by atoms with Crippen LogP contribution in [0.5, 0.6) is 5.75 Å². The van der Waals surface area contributed by atoms with Crippen molar-refractivity contribution in [2.45, 2.75) is 26.9 Å². The van der Waals surface area contributed by atoms with E-state index in [1.165, 1.54) is 12.1 Å². The molecule has 2 aromatic carbocycles. The van der Waals surface area contributed by atoms with E-state index in [0.29, 0.717) is 22.7 Å². The van der Waals surface area contributed by atoms with Gasteiger partial charge in [-0.15, -0.1) is 0 Å². The molecule has 0 aliphatic heterocycles. The number of nitro groups is 1. The molecule has 0 unspecified atom stereocenters. The Kier molecular flexibility index (Phi) is 7.86. The minimum Gasteiger partial charge on any atom is -0.497 e. The zero-order valence-electron chi connectivity index (χ0n) is 16.8. The maximum absolute atomic E-state index is 12.1. The summed E-state index contributed by atoms with van der Waals surface area (Å²) < 4.78 is 10.1. The van der Waals surface area contributed by atoms with Crippen LogP contribution in [0.1, 0.15) is 24.5 Å². The van der Waals surface area contributed by atoms with Gasteiger partial charge in [0.25, 0.3) is 5.69 Å². The van der Waals surface area contributed by atoms with Gasteiger partial charge in [0, 0.05) is 17.8 Å². The van der Waals surface area contributed by atoms with Crippen molar-refractivity contribution < 1.29 is 24.0 Å². The Balaban J connectivity index is 1.82. The summed E-state index contributed by atoms with van der Waals surface area (Å²) in [6.07, 6.45) is -0.874. The number of ether oxygens (including phenoxy) is 2. The Hall–Kier alpha value is -3.95. The lowest BCUT2D eigenvalue weighted by Gasteiger charge is -2.08. The smallest absolute Gasteiger partial charge is 0.428 e. The van der Waals surface area contributed by atoms with Crippen molar-refractivity contribution in [3.63, 3.8) is 0 Å². The molecule has 2 amide bonds. The van der Waals surface area contributed by atoms with Gasteiger partial charge in [0.1, 0.15) is 12.4 Å². The number of nitrogens with zero attached hydrogens (tertiary/aromatic N) is 2. The lowest BCUT2D eigenvalue weighted by Crippen LogP contribution is -2.22. The molecule has 2 rings (SSSR count). The van der Waals surface area contributed by atoms with Gasteiger partial charge in [0.2, 0.25) is 5.91 Å². The minimum atomic E-state index is -0.764. The third-order valence-corrected chi connectivity index (χ3v) is 3.99. The number of aryl methyl sites for hydroxylation is 1. The Morgan fingerprint density at radius 3 is 2.50 bits per heavy atom. The van der Waals surface area contributed by atoms with E-state index in [1.54, 1.807) is 51.3 Å². The first-order valence-electron chi connectivity index (χ1n) is 8.92. The zero-order chi connectivity index (χ0) is 22.1. The van der Waals surface area contributed by atoms with Crippen molar-refractivity contribution in [1.29, 1.82) is 0 Å². The normalized spacial score (nSPS) is 10.8. The number of amides is 2. The van der Waals surface area contributed by atoms with Gasteiger partial charge in [-0.3, -0.25) is 14.9 Å². The summed E-state index contributed by atoms with van der Waals surface area (Å²) in [5.74, 6) is 0.273. The fourth-order valence-electron chi connectivity index (χ4n) is 2.37. The second kappa shape index (κ2) is 10.6. The van der Waals surface area contributed by atoms with Gasteiger partial charge < -0.3 is 14.8 Å². The van der Waals surface area contributed by atoms with Crippen LogP contribution >= 0.6 is 0 Å². The van der Waals surface area contributed by atoms with E-state index in [4.69, 9.17) is 9.47 Å². The number of hydrogen-bond acceptors (Lipinski definition) is 7. The summed E-state index contributed by atoms with van der Waals surface area (Å²) in [7, 11) is 1.56. The van der Waals surface area contributed by atoms with Crippen molar-refractivity contribution >= 4 is 29.1 Å². The topological polar surface area (TPSA) is 132 Å². The summed E-state index contributed by atoms with van der Waals surface area (Å²) >= 11 is 0. The van der Waals surface area contributed by atoms with Crippen LogP contribution in [-0.4, -0.2) is 29.7 Å². The van der Waals surface area contributed by atoms with E-state index in [1.807, 2.05) is 0 Å². The van der Waals surface area contributed by atoms with Crippen LogP contribution in [0.4, 0.5) is 16.2 Å². The second-order valence-corrected chi connectivity index (χ2v) is 6.36. The van der Waals surface area contributed by atoms with Crippen molar-refractivity contribution in [3.8, 4) is 5.75 Å². The zero-order valence-corrected chi connectivity index (χ0v) is 16.8. The van der Waals surface area contributed by atoms with E-state index in [9.17, 15) is 19.7 Å². The minimum absolute atomic E-state index is 0.0525. The van der Waals surface area contributed by atoms with Crippen molar-refractivity contribution in [1.82, 2.24) is 5.43 Å². The predicted molar refractivity (Wildman–Crippen MR) is 111 cm³/mol. The number of hydrazone groups is 1. The molecule has 30 heavy (non-hydrogen) atoms. The Morgan fingerprint density at radius 1 is 1.17 bits per heavy atom. The lowest BCUT2D eigenvalue weighted by molar-refractivity contribution is -0.384. The second-order valence-electron chi connectivity index (χ2n) is 6.36. The molecule has 10 nitrogen and oxygen atoms in total. The summed E-state index contributed by atoms with van der Waals surface area (Å²) in [4.78, 5) is 34.2. The van der Waals surface area contributed by atoms with Gasteiger partial charge in [0.05, 0.1) is 24.1 Å². The quantitative estimate of drug-likeness (QED) is 0.386. The number of benzene rings is 2. The van der Waals surface area contributed by atoms with Gasteiger partial charge in [0.15, 0.2) is 0 Å². The number of carbonyl (C=O) groups excluding carboxylic acids is 2. The van der Waals surface area contributed by atoms with Gasteiger partial charge in [-0.25, -0.2) is 10.2 Å². The van der Waals surface area contributed by atoms with E-state index in [-0.39, 0.29) is 18.7 Å². The number of methoxy groups -OCH3 is 1. The highest BCUT2D eigenvalue weighted by atomic mass is 16.6. The fourth-order valence-corrected chi connectivity index (χ4v) is 2.37. The van der Waals surface area contributed by atoms with Crippen LogP contribution < -0.4 is 15.5 Å². The Bertz CT molecular complexity index is 956. The lowest BCUT2D eigenvalue weighted by atomic mass is 10.1. The molecule has 0 fully saturated rings. The Morgan fingerprint density at radius 2 is 1.87 bits per heavy atom. The van der Waals surface area contributed by atoms with E-state index in [0.717, 1.165) is 5.56 Å². The van der Waals surface area contributed by atoms with Crippen LogP contribution in [0.15, 0.2) is 47.6 Å². The molecule has 0 saturated heterocycles. The van der Waals surface area contributed by atoms with Crippen molar-refractivity contribution in [2.24, 2.45) is 5.10 Å². The summed E-state index contributed by atoms with van der Waals surface area (Å²) in [5.41, 5.74) is 4.22. The third kappa shape index (κ3) is 6.89. The van der Waals surface area contributed by atoms with Crippen LogP contribution in [0.3, 0.4) is 0 Å². The number of non-ortho nitro benzene ring substituents is 1. The monoisotopic (exact) mass is 414 g/mol. The standard InChI is InChI=1S/C20H22N4O6/c1-13-4-7-16(24(27)28)11-18(13)21-19(25)10-14(2)22-23-20(26)30-12-15-5-8-17(29-3)9-6-15/h4-9,11H,10,12H2,1-3H3,(H,21,25)(H,23,26). The first-order valence-corrected chi connectivity index (χ1v) is 8.92. The molecule has 0 saturated carbocycles. The first-order chi connectivity index (χ1) is 14.3. The van der Waals surface area contributed by atoms with Crippen molar-refractivity contribution in [2.75, 3.05) is 12.4 Å². The van der Waals surface area contributed by atoms with Gasteiger partial charge in [-0.1, -0.05) is 18.2 Å². The molecule has 0 heterocycles. The number of rotatable bonds is 8. The molecule has 0 aromatic heterocycles. The first kappa shape index (κ1) is 22.3. The number of nitro benzene ring substituents is 1. The highest BCUT2D eigenvalue weighted by molar-refractivity contribution is 6.06. The number of anilines is 1. The van der Waals surface area contributed by atoms with E-state index in [2.05, 4.69) is 15.8 Å². The molecule has 10 heteroatoms. The molecule has 158 valence electrons. The molecular weight excluding hydrogens is 392 g/mol. The molecule has 0 bridgehead atoms. The average Bonchev–Trinajstić information content (AvgIpc) is 2.72. The van der Waals surface area contributed by atoms with Crippen LogP contribution in [-0.2, 0) is 16.1 Å². The maximum atomic E-state index is 12.1. The maximum Gasteiger partial charge on any atom is 0.428 e. The average molecular weight is 414 g/mol. The highest BCUT2D eigenvalue weighted by Gasteiger charge is 2.12. The summed E-state index contributed by atoms with van der Waals surface area (Å²) in [6, 6.07) is 11.2. The molecule has 2 aromatic rings. The SMILES string of the molecule is COc1ccc(COC(=O)NN=C(C)CC(=O)Nc2cc([N+](=O)[O-])ccc2C)cc1. The van der Waals surface area contributed by atoms with E-state index < -0.39 is 16.9 Å². The molecular formula is C20H22N4O6. The summed E-state index contributed by atoms with van der Waals surface area (Å²) in [6.45, 7) is 3.33. The largest absolute Gasteiger partial charge is 0.497 e. The Labute approximate surface area is 173 Å². The van der Waals surface area contributed by atoms with E-state index >= 15 is 0 Å². The molecule has 0 aliphatic rings. The highest BCUT2D eigenvalue weighted by Crippen LogP contribution is 2.22. The number of nitrogens with one attached hydrogen (secondary N) is 2. The van der Waals surface area contributed by atoms with Crippen LogP contribution in [0, 0.1) is 17.0 Å². The molecule has 2 N–H and O–H groups in total. The molecule has 0 atom stereocenters. The van der Waals surface area contributed by atoms with Gasteiger partial charge in [-0.2, -0.15) is 5.10 Å².